The number of carbonyl (C=O) groups excluding carboxylic acids is 1. The molecule has 0 saturated heterocycles. The molecule has 0 aliphatic carbocycles. The second kappa shape index (κ2) is 6.87. The van der Waals surface area contributed by atoms with E-state index in [1.165, 1.54) is 11.3 Å². The first-order valence-corrected chi connectivity index (χ1v) is 8.33. The monoisotopic (exact) mass is 377 g/mol. The van der Waals surface area contributed by atoms with Crippen molar-refractivity contribution in [3.63, 3.8) is 0 Å². The zero-order chi connectivity index (χ0) is 16.3. The van der Waals surface area contributed by atoms with Crippen LogP contribution >= 0.6 is 27.3 Å². The summed E-state index contributed by atoms with van der Waals surface area (Å²) in [4.78, 5) is 27.4. The fourth-order valence-corrected chi connectivity index (χ4v) is 2.92. The number of ether oxygens (including phenoxy) is 1. The molecular weight excluding hydrogens is 358 g/mol. The van der Waals surface area contributed by atoms with Crippen LogP contribution in [-0.4, -0.2) is 28.6 Å². The van der Waals surface area contributed by atoms with E-state index in [4.69, 9.17) is 9.84 Å². The lowest BCUT2D eigenvalue weighted by Gasteiger charge is -2.18. The average Bonchev–Trinajstić information content (AvgIpc) is 2.86. The summed E-state index contributed by atoms with van der Waals surface area (Å²) >= 11 is 4.78. The van der Waals surface area contributed by atoms with Crippen LogP contribution in [0.5, 0.6) is 0 Å². The lowest BCUT2D eigenvalue weighted by atomic mass is 9.88. The summed E-state index contributed by atoms with van der Waals surface area (Å²) in [5.74, 6) is -1.20. The molecule has 1 aromatic heterocycles. The van der Waals surface area contributed by atoms with Gasteiger partial charge in [0, 0.05) is 11.8 Å². The van der Waals surface area contributed by atoms with Crippen LogP contribution in [0.1, 0.15) is 44.8 Å². The molecule has 1 rings (SSSR count). The molecule has 1 heterocycles. The van der Waals surface area contributed by atoms with Gasteiger partial charge in [-0.05, 0) is 34.1 Å². The summed E-state index contributed by atoms with van der Waals surface area (Å²) in [6, 6.07) is 0. The van der Waals surface area contributed by atoms with Crippen LogP contribution in [0.15, 0.2) is 5.38 Å². The minimum absolute atomic E-state index is 0.309. The van der Waals surface area contributed by atoms with Crippen molar-refractivity contribution in [1.82, 2.24) is 4.98 Å². The number of alkyl halides is 1. The number of aliphatic carboxylic acids is 1. The predicted octanol–water partition coefficient (Wildman–Crippen LogP) is 3.36. The number of halogens is 1. The molecule has 0 aromatic carbocycles. The zero-order valence-corrected chi connectivity index (χ0v) is 15.0. The van der Waals surface area contributed by atoms with E-state index in [1.807, 2.05) is 0 Å². The summed E-state index contributed by atoms with van der Waals surface area (Å²) < 4.78 is 4.04. The fraction of sp³-hybridized carbons (Fsp3) is 0.643. The number of carboxylic acids is 1. The third kappa shape index (κ3) is 4.51. The van der Waals surface area contributed by atoms with Gasteiger partial charge in [0.25, 0.3) is 0 Å². The van der Waals surface area contributed by atoms with Gasteiger partial charge in [-0.1, -0.05) is 15.9 Å². The van der Waals surface area contributed by atoms with Crippen molar-refractivity contribution >= 4 is 39.2 Å². The van der Waals surface area contributed by atoms with E-state index in [0.717, 1.165) is 5.01 Å². The maximum atomic E-state index is 11.9. The Balaban J connectivity index is 2.78. The van der Waals surface area contributed by atoms with Crippen LogP contribution in [0.3, 0.4) is 0 Å². The van der Waals surface area contributed by atoms with Crippen molar-refractivity contribution < 1.29 is 19.4 Å². The second-order valence-electron chi connectivity index (χ2n) is 5.54. The van der Waals surface area contributed by atoms with Crippen LogP contribution in [0.4, 0.5) is 0 Å². The first-order valence-electron chi connectivity index (χ1n) is 6.65. The van der Waals surface area contributed by atoms with Gasteiger partial charge in [0.15, 0.2) is 4.32 Å². The van der Waals surface area contributed by atoms with Gasteiger partial charge in [0.1, 0.15) is 0 Å². The predicted molar refractivity (Wildman–Crippen MR) is 84.8 cm³/mol. The molecule has 0 saturated carbocycles. The molecule has 1 atom stereocenters. The lowest BCUT2D eigenvalue weighted by molar-refractivity contribution is -0.147. The maximum absolute atomic E-state index is 11.9. The first-order chi connectivity index (χ1) is 9.61. The molecule has 1 unspecified atom stereocenters. The van der Waals surface area contributed by atoms with Crippen molar-refractivity contribution in [3.8, 4) is 0 Å². The number of aryl methyl sites for hydroxylation is 1. The summed E-state index contributed by atoms with van der Waals surface area (Å²) in [6.07, 6.45) is 1.06. The number of carbonyl (C=O) groups is 2. The van der Waals surface area contributed by atoms with E-state index in [1.54, 1.807) is 33.1 Å². The number of hydrogen-bond donors (Lipinski definition) is 1. The second-order valence-corrected chi connectivity index (χ2v) is 8.07. The number of thiazole rings is 1. The number of carboxylic acid groups (broad SMARTS) is 1. The highest BCUT2D eigenvalue weighted by atomic mass is 79.9. The van der Waals surface area contributed by atoms with Crippen LogP contribution < -0.4 is 0 Å². The van der Waals surface area contributed by atoms with Gasteiger partial charge in [0.05, 0.1) is 22.7 Å². The molecule has 118 valence electrons. The van der Waals surface area contributed by atoms with Crippen LogP contribution in [0.25, 0.3) is 0 Å². The van der Waals surface area contributed by atoms with E-state index in [0.29, 0.717) is 25.1 Å². The van der Waals surface area contributed by atoms with E-state index < -0.39 is 15.7 Å². The van der Waals surface area contributed by atoms with Gasteiger partial charge in [-0.2, -0.15) is 0 Å². The Labute approximate surface area is 136 Å². The van der Waals surface area contributed by atoms with Gasteiger partial charge in [-0.25, -0.2) is 4.98 Å². The summed E-state index contributed by atoms with van der Waals surface area (Å²) in [6.45, 7) is 7.14. The Hall–Kier alpha value is -0.950. The molecular formula is C14H20BrNO4S. The SMILES string of the molecule is CCOC(=O)C(C)(Br)c1csc(CCC(C)(C)C(=O)O)n1. The smallest absolute Gasteiger partial charge is 0.328 e. The quantitative estimate of drug-likeness (QED) is 0.582. The largest absolute Gasteiger partial charge is 0.481 e. The van der Waals surface area contributed by atoms with Crippen molar-refractivity contribution in [3.05, 3.63) is 16.1 Å². The molecule has 0 aliphatic heterocycles. The maximum Gasteiger partial charge on any atom is 0.328 e. The number of esters is 1. The highest BCUT2D eigenvalue weighted by molar-refractivity contribution is 9.10. The molecule has 1 N–H and O–H groups in total. The number of nitrogens with zero attached hydrogens (tertiary/aromatic N) is 1. The molecule has 5 nitrogen and oxygen atoms in total. The standard InChI is InChI=1S/C14H20BrNO4S/c1-5-20-12(19)14(4,15)9-8-21-10(16-9)6-7-13(2,3)11(17)18/h8H,5-7H2,1-4H3,(H,17,18). The van der Waals surface area contributed by atoms with Crippen molar-refractivity contribution in [2.24, 2.45) is 5.41 Å². The third-order valence-electron chi connectivity index (χ3n) is 3.23. The van der Waals surface area contributed by atoms with Gasteiger partial charge in [-0.15, -0.1) is 11.3 Å². The number of rotatable bonds is 7. The Morgan fingerprint density at radius 3 is 2.57 bits per heavy atom. The van der Waals surface area contributed by atoms with E-state index >= 15 is 0 Å². The third-order valence-corrected chi connectivity index (χ3v) is 4.87. The van der Waals surface area contributed by atoms with Crippen LogP contribution in [0.2, 0.25) is 0 Å². The molecule has 1 aromatic rings. The van der Waals surface area contributed by atoms with E-state index in [-0.39, 0.29) is 5.97 Å². The topological polar surface area (TPSA) is 76.5 Å². The van der Waals surface area contributed by atoms with Gasteiger partial charge in [-0.3, -0.25) is 9.59 Å². The molecule has 0 spiro atoms. The number of aromatic nitrogens is 1. The normalized spacial score (nSPS) is 14.5. The van der Waals surface area contributed by atoms with Crippen LogP contribution in [0, 0.1) is 5.41 Å². The average molecular weight is 378 g/mol. The summed E-state index contributed by atoms with van der Waals surface area (Å²) in [5.41, 5.74) is -0.195. The van der Waals surface area contributed by atoms with E-state index in [9.17, 15) is 9.59 Å². The highest BCUT2D eigenvalue weighted by Gasteiger charge is 2.36. The molecule has 0 bridgehead atoms. The Morgan fingerprint density at radius 1 is 1.43 bits per heavy atom. The van der Waals surface area contributed by atoms with Gasteiger partial charge < -0.3 is 9.84 Å². The number of hydrogen-bond acceptors (Lipinski definition) is 5. The van der Waals surface area contributed by atoms with Crippen LogP contribution in [-0.2, 0) is 25.1 Å². The Kier molecular flexibility index (Phi) is 5.92. The minimum atomic E-state index is -0.972. The van der Waals surface area contributed by atoms with Crippen molar-refractivity contribution in [2.45, 2.75) is 44.9 Å². The molecule has 0 radical (unpaired) electrons. The molecule has 7 heteroatoms. The zero-order valence-electron chi connectivity index (χ0n) is 12.6. The summed E-state index contributed by atoms with van der Waals surface area (Å²) in [7, 11) is 0. The minimum Gasteiger partial charge on any atom is -0.481 e. The Bertz CT molecular complexity index is 525. The summed E-state index contributed by atoms with van der Waals surface area (Å²) in [5, 5.41) is 11.7. The molecule has 0 fully saturated rings. The highest BCUT2D eigenvalue weighted by Crippen LogP contribution is 2.34. The molecule has 0 aliphatic rings. The lowest BCUT2D eigenvalue weighted by Crippen LogP contribution is -2.28. The van der Waals surface area contributed by atoms with Gasteiger partial charge in [0.2, 0.25) is 0 Å². The molecule has 21 heavy (non-hydrogen) atoms. The van der Waals surface area contributed by atoms with E-state index in [2.05, 4.69) is 20.9 Å². The molecule has 0 amide bonds. The fourth-order valence-electron chi connectivity index (χ4n) is 1.54. The first kappa shape index (κ1) is 18.1. The van der Waals surface area contributed by atoms with Crippen molar-refractivity contribution in [1.29, 1.82) is 0 Å². The van der Waals surface area contributed by atoms with Gasteiger partial charge >= 0.3 is 11.9 Å². The van der Waals surface area contributed by atoms with Crippen molar-refractivity contribution in [2.75, 3.05) is 6.61 Å². The Morgan fingerprint density at radius 2 is 2.05 bits per heavy atom.